The Bertz CT molecular complexity index is 921. The van der Waals surface area contributed by atoms with E-state index >= 15 is 0 Å². The summed E-state index contributed by atoms with van der Waals surface area (Å²) in [7, 11) is 0. The number of hydrogen-bond acceptors (Lipinski definition) is 6. The number of carbonyl (C=O) groups excluding carboxylic acids is 2. The van der Waals surface area contributed by atoms with Gasteiger partial charge >= 0.3 is 5.97 Å². The first-order valence-corrected chi connectivity index (χ1v) is 9.92. The van der Waals surface area contributed by atoms with Crippen molar-refractivity contribution in [1.29, 1.82) is 0 Å². The van der Waals surface area contributed by atoms with Gasteiger partial charge in [-0.25, -0.2) is 14.2 Å². The van der Waals surface area contributed by atoms with Crippen LogP contribution in [0.5, 0.6) is 0 Å². The van der Waals surface area contributed by atoms with Crippen LogP contribution in [0.15, 0.2) is 41.8 Å². The zero-order chi connectivity index (χ0) is 19.2. The molecule has 0 aliphatic carbocycles. The molecule has 3 aromatic rings. The Morgan fingerprint density at radius 1 is 1.22 bits per heavy atom. The maximum absolute atomic E-state index is 13.0. The molecule has 0 fully saturated rings. The lowest BCUT2D eigenvalue weighted by Crippen LogP contribution is -2.30. The molecule has 140 valence electrons. The van der Waals surface area contributed by atoms with Crippen LogP contribution in [0.3, 0.4) is 0 Å². The molecule has 5 nitrogen and oxygen atoms in total. The molecule has 0 radical (unpaired) electrons. The quantitative estimate of drug-likeness (QED) is 0.608. The summed E-state index contributed by atoms with van der Waals surface area (Å²) in [4.78, 5) is 29.9. The fourth-order valence-electron chi connectivity index (χ4n) is 2.33. The number of esters is 1. The molecule has 1 aromatic carbocycles. The van der Waals surface area contributed by atoms with E-state index in [1.165, 1.54) is 17.0 Å². The lowest BCUT2D eigenvalue weighted by Gasteiger charge is -2.05. The third-order valence-electron chi connectivity index (χ3n) is 3.68. The van der Waals surface area contributed by atoms with Crippen LogP contribution in [0, 0.1) is 12.7 Å². The lowest BCUT2D eigenvalue weighted by atomic mass is 10.2. The minimum Gasteiger partial charge on any atom is -0.451 e. The first-order valence-electron chi connectivity index (χ1n) is 8.22. The van der Waals surface area contributed by atoms with Gasteiger partial charge in [-0.15, -0.1) is 22.7 Å². The Hall–Kier alpha value is -2.58. The number of benzene rings is 1. The van der Waals surface area contributed by atoms with E-state index < -0.39 is 5.97 Å². The second-order valence-corrected chi connectivity index (χ2v) is 7.73. The fraction of sp³-hybridized carbons (Fsp3) is 0.211. The van der Waals surface area contributed by atoms with Crippen molar-refractivity contribution >= 4 is 34.6 Å². The number of halogens is 1. The Balaban J connectivity index is 1.51. The monoisotopic (exact) mass is 404 g/mol. The first kappa shape index (κ1) is 19.2. The first-order chi connectivity index (χ1) is 13.0. The summed E-state index contributed by atoms with van der Waals surface area (Å²) in [6.07, 6.45) is 0.742. The van der Waals surface area contributed by atoms with E-state index in [-0.39, 0.29) is 18.3 Å². The molecule has 0 aliphatic heterocycles. The van der Waals surface area contributed by atoms with Gasteiger partial charge < -0.3 is 10.1 Å². The van der Waals surface area contributed by atoms with Gasteiger partial charge in [-0.2, -0.15) is 0 Å². The van der Waals surface area contributed by atoms with Crippen molar-refractivity contribution in [3.05, 3.63) is 63.0 Å². The SMILES string of the molecule is Cc1nc(-c2ccc(F)cc2)sc1C(=O)OCC(=O)NCCc1cccs1. The fourth-order valence-corrected chi connectivity index (χ4v) is 4.00. The summed E-state index contributed by atoms with van der Waals surface area (Å²) in [6, 6.07) is 9.84. The van der Waals surface area contributed by atoms with E-state index in [1.807, 2.05) is 17.5 Å². The van der Waals surface area contributed by atoms with Crippen LogP contribution in [0.2, 0.25) is 0 Å². The largest absolute Gasteiger partial charge is 0.451 e. The number of nitrogens with one attached hydrogen (secondary N) is 1. The van der Waals surface area contributed by atoms with Crippen molar-refractivity contribution in [3.8, 4) is 10.6 Å². The highest BCUT2D eigenvalue weighted by Crippen LogP contribution is 2.28. The molecule has 8 heteroatoms. The molecule has 0 bridgehead atoms. The predicted molar refractivity (Wildman–Crippen MR) is 104 cm³/mol. The number of rotatable bonds is 7. The molecule has 3 rings (SSSR count). The molecule has 0 saturated heterocycles. The zero-order valence-electron chi connectivity index (χ0n) is 14.5. The van der Waals surface area contributed by atoms with Crippen molar-refractivity contribution < 1.29 is 18.7 Å². The molecule has 1 N–H and O–H groups in total. The van der Waals surface area contributed by atoms with Gasteiger partial charge in [0, 0.05) is 17.0 Å². The van der Waals surface area contributed by atoms with Gasteiger partial charge in [-0.1, -0.05) is 6.07 Å². The normalized spacial score (nSPS) is 10.6. The van der Waals surface area contributed by atoms with Gasteiger partial charge in [0.2, 0.25) is 0 Å². The molecular weight excluding hydrogens is 387 g/mol. The Kier molecular flexibility index (Phi) is 6.31. The highest BCUT2D eigenvalue weighted by Gasteiger charge is 2.18. The van der Waals surface area contributed by atoms with Gasteiger partial charge in [0.15, 0.2) is 6.61 Å². The molecule has 0 atom stereocenters. The summed E-state index contributed by atoms with van der Waals surface area (Å²) in [5, 5.41) is 5.30. The van der Waals surface area contributed by atoms with Crippen molar-refractivity contribution in [1.82, 2.24) is 10.3 Å². The highest BCUT2D eigenvalue weighted by molar-refractivity contribution is 7.17. The van der Waals surface area contributed by atoms with Crippen LogP contribution in [0.25, 0.3) is 10.6 Å². The minimum absolute atomic E-state index is 0.334. The lowest BCUT2D eigenvalue weighted by molar-refractivity contribution is -0.124. The number of ether oxygens (including phenoxy) is 1. The Labute approximate surface area is 163 Å². The third kappa shape index (κ3) is 5.21. The molecule has 2 aromatic heterocycles. The maximum atomic E-state index is 13.0. The van der Waals surface area contributed by atoms with Crippen LogP contribution in [0.4, 0.5) is 4.39 Å². The van der Waals surface area contributed by atoms with E-state index in [9.17, 15) is 14.0 Å². The second kappa shape index (κ2) is 8.88. The van der Waals surface area contributed by atoms with Crippen molar-refractivity contribution in [2.24, 2.45) is 0 Å². The van der Waals surface area contributed by atoms with E-state index in [1.54, 1.807) is 30.4 Å². The number of carbonyl (C=O) groups is 2. The molecule has 0 spiro atoms. The second-order valence-electron chi connectivity index (χ2n) is 5.70. The number of aryl methyl sites for hydroxylation is 1. The maximum Gasteiger partial charge on any atom is 0.350 e. The predicted octanol–water partition coefficient (Wildman–Crippen LogP) is 3.83. The standard InChI is InChI=1S/C19H17FN2O3S2/c1-12-17(27-18(22-12)13-4-6-14(20)7-5-13)19(24)25-11-16(23)21-9-8-15-3-2-10-26-15/h2-7,10H,8-9,11H2,1H3,(H,21,23). The summed E-state index contributed by atoms with van der Waals surface area (Å²) >= 11 is 2.79. The number of hydrogen-bond donors (Lipinski definition) is 1. The van der Waals surface area contributed by atoms with E-state index in [0.717, 1.165) is 23.3 Å². The Morgan fingerprint density at radius 2 is 2.00 bits per heavy atom. The zero-order valence-corrected chi connectivity index (χ0v) is 16.2. The third-order valence-corrected chi connectivity index (χ3v) is 5.80. The number of aromatic nitrogens is 1. The van der Waals surface area contributed by atoms with Crippen LogP contribution in [-0.4, -0.2) is 30.0 Å². The Morgan fingerprint density at radius 3 is 2.70 bits per heavy atom. The van der Waals surface area contributed by atoms with Crippen LogP contribution in [0.1, 0.15) is 20.2 Å². The molecule has 0 saturated carbocycles. The smallest absolute Gasteiger partial charge is 0.350 e. The van der Waals surface area contributed by atoms with E-state index in [2.05, 4.69) is 10.3 Å². The van der Waals surface area contributed by atoms with Gasteiger partial charge in [0.25, 0.3) is 5.91 Å². The molecule has 2 heterocycles. The van der Waals surface area contributed by atoms with Gasteiger partial charge in [-0.05, 0) is 49.1 Å². The summed E-state index contributed by atoms with van der Waals surface area (Å²) in [5.74, 6) is -1.27. The van der Waals surface area contributed by atoms with Crippen molar-refractivity contribution in [2.75, 3.05) is 13.2 Å². The van der Waals surface area contributed by atoms with Gasteiger partial charge in [0.05, 0.1) is 5.69 Å². The number of nitrogens with zero attached hydrogens (tertiary/aromatic N) is 1. The molecule has 1 amide bonds. The highest BCUT2D eigenvalue weighted by atomic mass is 32.1. The molecule has 0 unspecified atom stereocenters. The van der Waals surface area contributed by atoms with Crippen molar-refractivity contribution in [2.45, 2.75) is 13.3 Å². The summed E-state index contributed by atoms with van der Waals surface area (Å²) in [5.41, 5.74) is 1.23. The topological polar surface area (TPSA) is 68.3 Å². The molecule has 27 heavy (non-hydrogen) atoms. The van der Waals surface area contributed by atoms with Crippen LogP contribution >= 0.6 is 22.7 Å². The minimum atomic E-state index is -0.591. The summed E-state index contributed by atoms with van der Waals surface area (Å²) in [6.45, 7) is 1.85. The number of thiazole rings is 1. The number of amides is 1. The van der Waals surface area contributed by atoms with Crippen LogP contribution in [-0.2, 0) is 16.0 Å². The molecular formula is C19H17FN2O3S2. The average molecular weight is 404 g/mol. The molecule has 0 aliphatic rings. The van der Waals surface area contributed by atoms with Crippen LogP contribution < -0.4 is 5.32 Å². The van der Waals surface area contributed by atoms with E-state index in [4.69, 9.17) is 4.74 Å². The summed E-state index contributed by atoms with van der Waals surface area (Å²) < 4.78 is 18.1. The van der Waals surface area contributed by atoms with Gasteiger partial charge in [-0.3, -0.25) is 4.79 Å². The van der Waals surface area contributed by atoms with Crippen molar-refractivity contribution in [3.63, 3.8) is 0 Å². The number of thiophene rings is 1. The van der Waals surface area contributed by atoms with Gasteiger partial charge in [0.1, 0.15) is 15.7 Å². The average Bonchev–Trinajstić information content (AvgIpc) is 3.30. The van der Waals surface area contributed by atoms with E-state index in [0.29, 0.717) is 22.1 Å².